The maximum Gasteiger partial charge on any atom is 0.291 e. The number of aryl methyl sites for hydroxylation is 1. The van der Waals surface area contributed by atoms with Gasteiger partial charge in [-0.25, -0.2) is 0 Å². The fourth-order valence-electron chi connectivity index (χ4n) is 2.71. The van der Waals surface area contributed by atoms with Gasteiger partial charge in [0.25, 0.3) is 5.91 Å². The number of hydrazine groups is 1. The van der Waals surface area contributed by atoms with Crippen LogP contribution in [0.1, 0.15) is 50.7 Å². The number of nitrogens with zero attached hydrogens (tertiary/aromatic N) is 1. The van der Waals surface area contributed by atoms with Crippen LogP contribution in [-0.2, 0) is 9.59 Å². The third kappa shape index (κ3) is 6.45. The van der Waals surface area contributed by atoms with Gasteiger partial charge < -0.3 is 4.52 Å². The minimum absolute atomic E-state index is 0.0116. The predicted octanol–water partition coefficient (Wildman–Crippen LogP) is 3.48. The predicted molar refractivity (Wildman–Crippen MR) is 114 cm³/mol. The van der Waals surface area contributed by atoms with Gasteiger partial charge in [-0.05, 0) is 19.1 Å². The van der Waals surface area contributed by atoms with Gasteiger partial charge in [0.2, 0.25) is 5.91 Å². The quantitative estimate of drug-likeness (QED) is 0.389. The molecule has 2 heterocycles. The summed E-state index contributed by atoms with van der Waals surface area (Å²) >= 11 is 1.40. The normalized spacial score (nSPS) is 10.5. The minimum Gasteiger partial charge on any atom is -0.355 e. The molecular formula is C22H21N3O5S. The number of aromatic nitrogens is 1. The van der Waals surface area contributed by atoms with Crippen LogP contribution in [0, 0.1) is 6.92 Å². The number of hydrogen-bond donors (Lipinski definition) is 2. The van der Waals surface area contributed by atoms with Gasteiger partial charge >= 0.3 is 0 Å². The topological polar surface area (TPSA) is 118 Å². The minimum atomic E-state index is -0.637. The molecule has 0 unspecified atom stereocenters. The summed E-state index contributed by atoms with van der Waals surface area (Å²) in [7, 11) is 0. The van der Waals surface area contributed by atoms with Gasteiger partial charge in [-0.3, -0.25) is 30.0 Å². The first-order valence-corrected chi connectivity index (χ1v) is 10.5. The van der Waals surface area contributed by atoms with Crippen molar-refractivity contribution in [3.8, 4) is 11.3 Å². The van der Waals surface area contributed by atoms with Crippen molar-refractivity contribution in [2.75, 3.05) is 0 Å². The van der Waals surface area contributed by atoms with Gasteiger partial charge in [-0.15, -0.1) is 11.3 Å². The fourth-order valence-corrected chi connectivity index (χ4v) is 3.55. The molecule has 0 spiro atoms. The molecular weight excluding hydrogens is 418 g/mol. The van der Waals surface area contributed by atoms with Crippen LogP contribution in [0.15, 0.2) is 53.1 Å². The molecule has 0 saturated heterocycles. The summed E-state index contributed by atoms with van der Waals surface area (Å²) in [5.41, 5.74) is 5.26. The molecule has 0 aliphatic carbocycles. The first-order chi connectivity index (χ1) is 14.9. The van der Waals surface area contributed by atoms with Gasteiger partial charge in [0.05, 0.1) is 4.88 Å². The smallest absolute Gasteiger partial charge is 0.291 e. The standard InChI is InChI=1S/C22H21N3O5S/c1-14-7-11-20(31-14)18(27)10-8-16(26)9-12-21(28)23-24-22(29)17-13-19(30-25-17)15-5-3-2-4-6-15/h2-7,11,13H,8-10,12H2,1H3,(H,23,28)(H,24,29). The van der Waals surface area contributed by atoms with E-state index in [-0.39, 0.29) is 42.9 Å². The lowest BCUT2D eigenvalue weighted by Gasteiger charge is -2.05. The monoisotopic (exact) mass is 439 g/mol. The van der Waals surface area contributed by atoms with Crippen molar-refractivity contribution in [1.29, 1.82) is 0 Å². The summed E-state index contributed by atoms with van der Waals surface area (Å²) in [5, 5.41) is 3.69. The molecule has 0 fully saturated rings. The van der Waals surface area contributed by atoms with E-state index in [2.05, 4.69) is 16.0 Å². The van der Waals surface area contributed by atoms with Crippen molar-refractivity contribution in [1.82, 2.24) is 16.0 Å². The molecule has 2 amide bonds. The fraction of sp³-hybridized carbons (Fsp3) is 0.227. The molecule has 8 nitrogen and oxygen atoms in total. The van der Waals surface area contributed by atoms with E-state index in [1.165, 1.54) is 17.4 Å². The molecule has 0 radical (unpaired) electrons. The molecule has 160 valence electrons. The largest absolute Gasteiger partial charge is 0.355 e. The SMILES string of the molecule is Cc1ccc(C(=O)CCC(=O)CCC(=O)NNC(=O)c2cc(-c3ccccc3)on2)s1. The molecule has 0 aliphatic rings. The summed E-state index contributed by atoms with van der Waals surface area (Å²) in [4.78, 5) is 49.6. The number of benzene rings is 1. The van der Waals surface area contributed by atoms with Crippen molar-refractivity contribution in [3.63, 3.8) is 0 Å². The van der Waals surface area contributed by atoms with Gasteiger partial charge in [0.1, 0.15) is 5.78 Å². The summed E-state index contributed by atoms with van der Waals surface area (Å²) in [6, 6.07) is 14.2. The second kappa shape index (κ2) is 10.4. The number of carbonyl (C=O) groups excluding carboxylic acids is 4. The second-order valence-corrected chi connectivity index (χ2v) is 8.10. The van der Waals surface area contributed by atoms with E-state index in [0.717, 1.165) is 10.4 Å². The Bertz CT molecular complexity index is 1090. The van der Waals surface area contributed by atoms with Gasteiger partial charge in [-0.2, -0.15) is 0 Å². The van der Waals surface area contributed by atoms with Crippen molar-refractivity contribution < 1.29 is 23.7 Å². The molecule has 2 N–H and O–H groups in total. The van der Waals surface area contributed by atoms with E-state index in [1.54, 1.807) is 6.07 Å². The zero-order valence-electron chi connectivity index (χ0n) is 16.8. The van der Waals surface area contributed by atoms with Gasteiger partial charge in [-0.1, -0.05) is 35.5 Å². The Hall–Kier alpha value is -3.59. The number of ketones is 2. The Labute approximate surface area is 182 Å². The number of amides is 2. The molecule has 0 atom stereocenters. The van der Waals surface area contributed by atoms with Gasteiger partial charge in [0.15, 0.2) is 17.2 Å². The summed E-state index contributed by atoms with van der Waals surface area (Å²) in [6.45, 7) is 1.91. The van der Waals surface area contributed by atoms with Crippen LogP contribution in [0.5, 0.6) is 0 Å². The molecule has 0 bridgehead atoms. The van der Waals surface area contributed by atoms with Crippen LogP contribution in [-0.4, -0.2) is 28.5 Å². The highest BCUT2D eigenvalue weighted by Crippen LogP contribution is 2.20. The highest BCUT2D eigenvalue weighted by atomic mass is 32.1. The first-order valence-electron chi connectivity index (χ1n) is 9.65. The zero-order valence-corrected chi connectivity index (χ0v) is 17.7. The molecule has 3 rings (SSSR count). The van der Waals surface area contributed by atoms with Crippen molar-refractivity contribution in [2.45, 2.75) is 32.6 Å². The van der Waals surface area contributed by atoms with E-state index in [1.807, 2.05) is 43.3 Å². The average molecular weight is 439 g/mol. The van der Waals surface area contributed by atoms with Crippen molar-refractivity contribution in [3.05, 3.63) is 64.0 Å². The van der Waals surface area contributed by atoms with Crippen LogP contribution in [0.4, 0.5) is 0 Å². The van der Waals surface area contributed by atoms with Gasteiger partial charge in [0, 0.05) is 42.2 Å². The maximum absolute atomic E-state index is 12.1. The van der Waals surface area contributed by atoms with Crippen LogP contribution in [0.3, 0.4) is 0 Å². The molecule has 0 saturated carbocycles. The summed E-state index contributed by atoms with van der Waals surface area (Å²) < 4.78 is 5.14. The maximum atomic E-state index is 12.1. The summed E-state index contributed by atoms with van der Waals surface area (Å²) in [5.74, 6) is -0.996. The molecule has 0 aliphatic heterocycles. The van der Waals surface area contributed by atoms with E-state index in [0.29, 0.717) is 10.6 Å². The summed E-state index contributed by atoms with van der Waals surface area (Å²) in [6.07, 6.45) is 0.0870. The van der Waals surface area contributed by atoms with Crippen LogP contribution in [0.25, 0.3) is 11.3 Å². The molecule has 31 heavy (non-hydrogen) atoms. The lowest BCUT2D eigenvalue weighted by Crippen LogP contribution is -2.41. The third-order valence-corrected chi connectivity index (χ3v) is 5.44. The van der Waals surface area contributed by atoms with E-state index in [9.17, 15) is 19.2 Å². The van der Waals surface area contributed by atoms with Crippen LogP contribution >= 0.6 is 11.3 Å². The van der Waals surface area contributed by atoms with Crippen molar-refractivity contribution in [2.24, 2.45) is 0 Å². The Morgan fingerprint density at radius 2 is 1.68 bits per heavy atom. The third-order valence-electron chi connectivity index (χ3n) is 4.39. The second-order valence-electron chi connectivity index (χ2n) is 6.82. The highest BCUT2D eigenvalue weighted by Gasteiger charge is 2.15. The van der Waals surface area contributed by atoms with Crippen LogP contribution < -0.4 is 10.9 Å². The average Bonchev–Trinajstić information content (AvgIpc) is 3.44. The molecule has 1 aromatic carbocycles. The molecule has 2 aromatic heterocycles. The molecule has 9 heteroatoms. The Morgan fingerprint density at radius 1 is 0.935 bits per heavy atom. The Balaban J connectivity index is 1.37. The lowest BCUT2D eigenvalue weighted by atomic mass is 10.1. The molecule has 3 aromatic rings. The van der Waals surface area contributed by atoms with Crippen LogP contribution in [0.2, 0.25) is 0 Å². The first kappa shape index (κ1) is 22.1. The van der Waals surface area contributed by atoms with E-state index >= 15 is 0 Å². The Kier molecular flexibility index (Phi) is 7.45. The number of nitrogens with one attached hydrogen (secondary N) is 2. The number of hydrogen-bond acceptors (Lipinski definition) is 7. The Morgan fingerprint density at radius 3 is 2.39 bits per heavy atom. The zero-order chi connectivity index (χ0) is 22.2. The number of thiophene rings is 1. The number of rotatable bonds is 9. The highest BCUT2D eigenvalue weighted by molar-refractivity contribution is 7.14. The van der Waals surface area contributed by atoms with Crippen molar-refractivity contribution >= 4 is 34.7 Å². The number of Topliss-reactive ketones (excluding diaryl/α,β-unsaturated/α-hetero) is 2. The lowest BCUT2D eigenvalue weighted by molar-refractivity contribution is -0.125. The van der Waals surface area contributed by atoms with E-state index in [4.69, 9.17) is 4.52 Å². The number of carbonyl (C=O) groups is 4. The van der Waals surface area contributed by atoms with E-state index < -0.39 is 11.8 Å².